The highest BCUT2D eigenvalue weighted by atomic mass is 31.1. The van der Waals surface area contributed by atoms with Crippen molar-refractivity contribution in [3.8, 4) is 50.3 Å². The fourth-order valence-electron chi connectivity index (χ4n) is 10.7. The molecule has 1 unspecified atom stereocenters. The highest BCUT2D eigenvalue weighted by Gasteiger charge is 2.54. The maximum atomic E-state index is 7.59. The predicted octanol–water partition coefficient (Wildman–Crippen LogP) is 17.8. The van der Waals surface area contributed by atoms with Gasteiger partial charge >= 0.3 is 16.5 Å². The topological polar surface area (TPSA) is 108 Å². The third-order valence-corrected chi connectivity index (χ3v) is 16.6. The largest absolute Gasteiger partial charge is 0.462 e. The maximum absolute atomic E-state index is 7.59. The Morgan fingerprint density at radius 1 is 0.342 bits per heavy atom. The van der Waals surface area contributed by atoms with E-state index in [4.69, 9.17) is 44.8 Å². The molecule has 10 aromatic carbocycles. The molecule has 14 rings (SSSR count). The van der Waals surface area contributed by atoms with E-state index >= 15 is 0 Å². The van der Waals surface area contributed by atoms with Gasteiger partial charge in [-0.15, -0.1) is 0 Å². The van der Waals surface area contributed by atoms with Crippen LogP contribution in [0.4, 0.5) is 0 Å². The molecule has 12 aromatic rings. The van der Waals surface area contributed by atoms with Crippen molar-refractivity contribution < 1.29 is 44.8 Å². The smallest absolute Gasteiger partial charge is 0.388 e. The lowest BCUT2D eigenvalue weighted by Gasteiger charge is -2.47. The number of benzene rings is 10. The first-order valence-electron chi connectivity index (χ1n) is 26.3. The van der Waals surface area contributed by atoms with Crippen LogP contribution in [-0.4, -0.2) is 37.3 Å². The second-order valence-corrected chi connectivity index (χ2v) is 21.3. The fourth-order valence-corrected chi connectivity index (χ4v) is 13.2. The predicted molar refractivity (Wildman–Crippen MR) is 311 cm³/mol. The Bertz CT molecular complexity index is 3960. The molecule has 0 N–H and O–H groups in total. The van der Waals surface area contributed by atoms with Gasteiger partial charge < -0.3 is 35.7 Å². The summed E-state index contributed by atoms with van der Waals surface area (Å²) in [4.78, 5) is 0. The number of fused-ring (bicyclic) bond motifs is 7. The van der Waals surface area contributed by atoms with Gasteiger partial charge in [-0.1, -0.05) is 243 Å². The number of rotatable bonds is 11. The summed E-state index contributed by atoms with van der Waals surface area (Å²) in [5.41, 5.74) is 10.6. The Hall–Kier alpha value is -8.40. The van der Waals surface area contributed by atoms with E-state index in [1.807, 2.05) is 158 Å². The molecule has 2 fully saturated rings. The molecule has 4 heterocycles. The monoisotopic (exact) mass is 1080 g/mol. The Kier molecular flexibility index (Phi) is 13.5. The number of para-hydroxylation sites is 5. The number of ether oxygens (including phenoxy) is 4. The van der Waals surface area contributed by atoms with Crippen LogP contribution in [0.3, 0.4) is 0 Å². The van der Waals surface area contributed by atoms with E-state index in [2.05, 4.69) is 97.1 Å². The molecule has 0 radical (unpaired) electrons. The summed E-state index contributed by atoms with van der Waals surface area (Å²) in [6, 6.07) is 84.8. The summed E-state index contributed by atoms with van der Waals surface area (Å²) in [6.45, 7) is 0.135. The van der Waals surface area contributed by atoms with Gasteiger partial charge in [0.1, 0.15) is 24.1 Å². The van der Waals surface area contributed by atoms with Crippen molar-refractivity contribution in [3.63, 3.8) is 0 Å². The molecule has 6 atom stereocenters. The molecular weight excluding hydrogens is 1030 g/mol. The SMILES string of the molecule is c1ccc(O[C@@H]2O[C@@H]3COC(c4ccccc4)O[C@H]3[C@H](Op3oc4c(-c5ccccc5)cccc4c4cccc(-c5ccccc5)c4o3)[C@H]2Op2oc3c(-c4ccccc4)cccc3c3cccc(-c4ccccc4)c3o2)cc1. The van der Waals surface area contributed by atoms with E-state index < -0.39 is 53.5 Å². The lowest BCUT2D eigenvalue weighted by molar-refractivity contribution is -0.338. The Morgan fingerprint density at radius 2 is 0.696 bits per heavy atom. The van der Waals surface area contributed by atoms with E-state index in [-0.39, 0.29) is 6.61 Å². The summed E-state index contributed by atoms with van der Waals surface area (Å²) >= 11 is 0. The van der Waals surface area contributed by atoms with Crippen LogP contribution in [0.15, 0.2) is 272 Å². The van der Waals surface area contributed by atoms with Crippen molar-refractivity contribution in [2.24, 2.45) is 0 Å². The van der Waals surface area contributed by atoms with Crippen molar-refractivity contribution in [1.82, 2.24) is 0 Å². The zero-order valence-electron chi connectivity index (χ0n) is 42.4. The fraction of sp³-hybridized carbons (Fsp3) is 0.104. The van der Waals surface area contributed by atoms with Crippen LogP contribution in [0.2, 0.25) is 0 Å². The van der Waals surface area contributed by atoms with Gasteiger partial charge in [-0.2, -0.15) is 0 Å². The lowest BCUT2D eigenvalue weighted by Crippen LogP contribution is -2.66. The Morgan fingerprint density at radius 3 is 1.09 bits per heavy atom. The molecule has 10 nitrogen and oxygen atoms in total. The van der Waals surface area contributed by atoms with Gasteiger partial charge in [-0.05, 0) is 34.4 Å². The van der Waals surface area contributed by atoms with E-state index in [1.165, 1.54) is 0 Å². The zero-order chi connectivity index (χ0) is 52.5. The van der Waals surface area contributed by atoms with Gasteiger partial charge in [0.25, 0.3) is 0 Å². The van der Waals surface area contributed by atoms with Gasteiger partial charge in [0, 0.05) is 49.4 Å². The summed E-state index contributed by atoms with van der Waals surface area (Å²) in [6.07, 6.45) is -5.73. The zero-order valence-corrected chi connectivity index (χ0v) is 44.2. The third kappa shape index (κ3) is 9.75. The van der Waals surface area contributed by atoms with Crippen LogP contribution in [-0.2, 0) is 14.2 Å². The molecule has 2 aromatic heterocycles. The van der Waals surface area contributed by atoms with Crippen molar-refractivity contribution >= 4 is 60.4 Å². The summed E-state index contributed by atoms with van der Waals surface area (Å²) in [7, 11) is -4.78. The first kappa shape index (κ1) is 48.9. The van der Waals surface area contributed by atoms with E-state index in [9.17, 15) is 0 Å². The van der Waals surface area contributed by atoms with E-state index in [0.717, 1.165) is 71.6 Å². The number of hydrogen-bond acceptors (Lipinski definition) is 10. The molecule has 2 saturated heterocycles. The van der Waals surface area contributed by atoms with Crippen LogP contribution in [0.5, 0.6) is 5.75 Å². The molecule has 2 aliphatic heterocycles. The van der Waals surface area contributed by atoms with Crippen LogP contribution in [0.25, 0.3) is 88.4 Å². The minimum Gasteiger partial charge on any atom is -0.462 e. The summed E-state index contributed by atoms with van der Waals surface area (Å²) < 4.78 is 71.8. The minimum atomic E-state index is -2.40. The van der Waals surface area contributed by atoms with Crippen LogP contribution in [0, 0.1) is 0 Å². The average molecular weight is 1080 g/mol. The third-order valence-electron chi connectivity index (χ3n) is 14.4. The standard InChI is InChI=1S/C67H50O10P2/c1-7-23-44(24-8-1)50-35-19-39-54-55-40-20-36-51(45-25-9-2-10-26-45)60(55)73-78(72-59(50)54)76-64-63-58(43-68-66(71-63)48-31-15-5-16-32-48)70-67(69-49-33-17-6-18-34-49)65(64)77-79-74-61-52(46-27-11-3-12-28-46)37-21-41-56(61)57-42-22-38-53(62(57)75-79)47-29-13-4-14-30-47/h1-42,58,63-67H,43H2/t58-,63-,64+,65-,66?,67-/m1/s1. The summed E-state index contributed by atoms with van der Waals surface area (Å²) in [5.74, 6) is 0.539. The molecule has 0 amide bonds. The Balaban J connectivity index is 1.02. The van der Waals surface area contributed by atoms with Gasteiger partial charge in [0.15, 0.2) is 34.7 Å². The van der Waals surface area contributed by atoms with Gasteiger partial charge in [0.2, 0.25) is 6.29 Å². The van der Waals surface area contributed by atoms with Crippen molar-refractivity contribution in [3.05, 3.63) is 260 Å². The molecule has 388 valence electrons. The van der Waals surface area contributed by atoms with E-state index in [0.29, 0.717) is 28.1 Å². The first-order chi connectivity index (χ1) is 39.2. The van der Waals surface area contributed by atoms with Crippen LogP contribution < -0.4 is 13.8 Å². The minimum absolute atomic E-state index is 0.135. The van der Waals surface area contributed by atoms with E-state index in [1.54, 1.807) is 0 Å². The second-order valence-electron chi connectivity index (χ2n) is 19.3. The highest BCUT2D eigenvalue weighted by molar-refractivity contribution is 7.32. The quantitative estimate of drug-likeness (QED) is 0.124. The molecular formula is C67H50O10P2. The highest BCUT2D eigenvalue weighted by Crippen LogP contribution is 2.47. The normalized spacial score (nSPS) is 19.0. The molecule has 12 heteroatoms. The molecule has 0 spiro atoms. The number of hydrogen-bond donors (Lipinski definition) is 0. The second kappa shape index (κ2) is 21.8. The molecule has 0 bridgehead atoms. The molecule has 2 aliphatic rings. The lowest BCUT2D eigenvalue weighted by atomic mass is 9.98. The Labute approximate surface area is 457 Å². The summed E-state index contributed by atoms with van der Waals surface area (Å²) in [5, 5.41) is 3.38. The molecule has 79 heavy (non-hydrogen) atoms. The average Bonchev–Trinajstić information content (AvgIpc) is 3.89. The molecule has 0 saturated carbocycles. The van der Waals surface area contributed by atoms with Crippen molar-refractivity contribution in [2.45, 2.75) is 37.0 Å². The first-order valence-corrected chi connectivity index (χ1v) is 28.5. The van der Waals surface area contributed by atoms with Crippen molar-refractivity contribution in [2.75, 3.05) is 6.61 Å². The maximum Gasteiger partial charge on any atom is 0.388 e. The van der Waals surface area contributed by atoms with Crippen LogP contribution in [0.1, 0.15) is 11.9 Å². The van der Waals surface area contributed by atoms with Gasteiger partial charge in [-0.25, -0.2) is 0 Å². The van der Waals surface area contributed by atoms with Crippen LogP contribution >= 0.6 is 16.5 Å². The van der Waals surface area contributed by atoms with Gasteiger partial charge in [0.05, 0.1) is 6.61 Å². The molecule has 0 aliphatic carbocycles. The van der Waals surface area contributed by atoms with Crippen molar-refractivity contribution in [1.29, 1.82) is 0 Å². The van der Waals surface area contributed by atoms with Gasteiger partial charge in [-0.3, -0.25) is 9.05 Å².